The lowest BCUT2D eigenvalue weighted by molar-refractivity contribution is 0.160. The van der Waals surface area contributed by atoms with E-state index in [1.807, 2.05) is 24.3 Å². The second-order valence-electron chi connectivity index (χ2n) is 3.93. The second-order valence-corrected chi connectivity index (χ2v) is 3.93. The lowest BCUT2D eigenvalue weighted by atomic mass is 9.92. The van der Waals surface area contributed by atoms with Crippen LogP contribution >= 0.6 is 0 Å². The fraction of sp³-hybridized carbons (Fsp3) is 0.455. The highest BCUT2D eigenvalue weighted by molar-refractivity contribution is 5.38. The molecule has 0 radical (unpaired) electrons. The summed E-state index contributed by atoms with van der Waals surface area (Å²) >= 11 is 0. The standard InChI is InChI=1S/C11H15NO2/c13-8-11(5-6-11)10-4-2-1-3-9(10)7-12-14/h1-4,12-14H,5-8H2. The van der Waals surface area contributed by atoms with Crippen LogP contribution in [0.3, 0.4) is 0 Å². The maximum absolute atomic E-state index is 9.32. The van der Waals surface area contributed by atoms with Crippen LogP contribution in [0.1, 0.15) is 24.0 Å². The number of benzene rings is 1. The molecule has 1 aromatic rings. The molecule has 14 heavy (non-hydrogen) atoms. The van der Waals surface area contributed by atoms with Gasteiger partial charge in [0.2, 0.25) is 0 Å². The molecule has 3 nitrogen and oxygen atoms in total. The molecular formula is C11H15NO2. The van der Waals surface area contributed by atoms with Gasteiger partial charge in [0.1, 0.15) is 0 Å². The Kier molecular flexibility index (Phi) is 2.54. The Hall–Kier alpha value is -0.900. The summed E-state index contributed by atoms with van der Waals surface area (Å²) in [5, 5.41) is 18.0. The fourth-order valence-electron chi connectivity index (χ4n) is 1.94. The summed E-state index contributed by atoms with van der Waals surface area (Å²) in [7, 11) is 0. The topological polar surface area (TPSA) is 52.5 Å². The minimum absolute atomic E-state index is 0.0204. The smallest absolute Gasteiger partial charge is 0.0528 e. The largest absolute Gasteiger partial charge is 0.395 e. The van der Waals surface area contributed by atoms with Crippen molar-refractivity contribution in [3.8, 4) is 0 Å². The monoisotopic (exact) mass is 193 g/mol. The number of hydroxylamine groups is 1. The number of nitrogens with one attached hydrogen (secondary N) is 1. The third-order valence-electron chi connectivity index (χ3n) is 3.01. The van der Waals surface area contributed by atoms with Gasteiger partial charge < -0.3 is 10.3 Å². The van der Waals surface area contributed by atoms with E-state index in [2.05, 4.69) is 5.48 Å². The van der Waals surface area contributed by atoms with Crippen LogP contribution in [0.25, 0.3) is 0 Å². The summed E-state index contributed by atoms with van der Waals surface area (Å²) in [6, 6.07) is 7.94. The van der Waals surface area contributed by atoms with Crippen LogP contribution < -0.4 is 5.48 Å². The van der Waals surface area contributed by atoms with E-state index in [1.165, 1.54) is 5.56 Å². The zero-order valence-corrected chi connectivity index (χ0v) is 8.03. The number of aliphatic hydroxyl groups is 1. The van der Waals surface area contributed by atoms with Crippen molar-refractivity contribution in [3.05, 3.63) is 35.4 Å². The lowest BCUT2D eigenvalue weighted by Gasteiger charge is -2.16. The highest BCUT2D eigenvalue weighted by Gasteiger charge is 2.44. The molecule has 1 fully saturated rings. The summed E-state index contributed by atoms with van der Waals surface area (Å²) < 4.78 is 0. The van der Waals surface area contributed by atoms with Crippen LogP contribution in [0.15, 0.2) is 24.3 Å². The normalized spacial score (nSPS) is 18.1. The van der Waals surface area contributed by atoms with Crippen molar-refractivity contribution in [2.45, 2.75) is 24.8 Å². The highest BCUT2D eigenvalue weighted by atomic mass is 16.5. The summed E-state index contributed by atoms with van der Waals surface area (Å²) in [5.74, 6) is 0. The fourth-order valence-corrected chi connectivity index (χ4v) is 1.94. The molecule has 3 N–H and O–H groups in total. The van der Waals surface area contributed by atoms with Crippen LogP contribution in [0.4, 0.5) is 0 Å². The first-order chi connectivity index (χ1) is 6.82. The Morgan fingerprint density at radius 1 is 1.29 bits per heavy atom. The van der Waals surface area contributed by atoms with Gasteiger partial charge in [-0.2, -0.15) is 0 Å². The molecule has 1 aliphatic carbocycles. The molecule has 0 spiro atoms. The molecule has 0 atom stereocenters. The van der Waals surface area contributed by atoms with Gasteiger partial charge >= 0.3 is 0 Å². The average Bonchev–Trinajstić information content (AvgIpc) is 3.00. The van der Waals surface area contributed by atoms with Crippen molar-refractivity contribution in [2.24, 2.45) is 0 Å². The summed E-state index contributed by atoms with van der Waals surface area (Å²) in [5.41, 5.74) is 4.39. The molecule has 0 bridgehead atoms. The van der Waals surface area contributed by atoms with Crippen LogP contribution in [0.5, 0.6) is 0 Å². The summed E-state index contributed by atoms with van der Waals surface area (Å²) in [4.78, 5) is 0. The van der Waals surface area contributed by atoms with Crippen molar-refractivity contribution in [3.63, 3.8) is 0 Å². The van der Waals surface area contributed by atoms with Crippen molar-refractivity contribution >= 4 is 0 Å². The van der Waals surface area contributed by atoms with Gasteiger partial charge in [-0.25, -0.2) is 5.48 Å². The van der Waals surface area contributed by atoms with Crippen LogP contribution in [-0.4, -0.2) is 16.9 Å². The Morgan fingerprint density at radius 3 is 2.57 bits per heavy atom. The van der Waals surface area contributed by atoms with Gasteiger partial charge in [-0.05, 0) is 24.0 Å². The Balaban J connectivity index is 2.32. The SMILES string of the molecule is OCC1(c2ccccc2CNO)CC1. The van der Waals surface area contributed by atoms with Gasteiger partial charge in [0.25, 0.3) is 0 Å². The van der Waals surface area contributed by atoms with Crippen molar-refractivity contribution in [1.29, 1.82) is 0 Å². The molecule has 0 aromatic heterocycles. The van der Waals surface area contributed by atoms with Crippen molar-refractivity contribution in [1.82, 2.24) is 5.48 Å². The number of aliphatic hydroxyl groups excluding tert-OH is 1. The van der Waals surface area contributed by atoms with Crippen molar-refractivity contribution < 1.29 is 10.3 Å². The quantitative estimate of drug-likeness (QED) is 0.629. The number of rotatable bonds is 4. The van der Waals surface area contributed by atoms with Crippen LogP contribution in [-0.2, 0) is 12.0 Å². The van der Waals surface area contributed by atoms with E-state index in [0.29, 0.717) is 6.54 Å². The minimum atomic E-state index is -0.0204. The molecule has 76 valence electrons. The second kappa shape index (κ2) is 3.69. The molecule has 0 saturated heterocycles. The van der Waals surface area contributed by atoms with Gasteiger partial charge in [0, 0.05) is 12.0 Å². The molecule has 2 rings (SSSR count). The van der Waals surface area contributed by atoms with E-state index < -0.39 is 0 Å². The van der Waals surface area contributed by atoms with E-state index in [1.54, 1.807) is 0 Å². The lowest BCUT2D eigenvalue weighted by Crippen LogP contribution is -2.17. The van der Waals surface area contributed by atoms with E-state index in [4.69, 9.17) is 5.21 Å². The zero-order valence-electron chi connectivity index (χ0n) is 8.03. The molecule has 0 heterocycles. The minimum Gasteiger partial charge on any atom is -0.395 e. The molecule has 1 saturated carbocycles. The Morgan fingerprint density at radius 2 is 2.00 bits per heavy atom. The van der Waals surface area contributed by atoms with E-state index >= 15 is 0 Å². The average molecular weight is 193 g/mol. The van der Waals surface area contributed by atoms with Crippen LogP contribution in [0, 0.1) is 0 Å². The molecule has 0 amide bonds. The highest BCUT2D eigenvalue weighted by Crippen LogP contribution is 2.48. The maximum Gasteiger partial charge on any atom is 0.0528 e. The zero-order chi connectivity index (χ0) is 10.0. The van der Waals surface area contributed by atoms with Gasteiger partial charge in [-0.15, -0.1) is 0 Å². The molecule has 1 aliphatic rings. The number of hydrogen-bond acceptors (Lipinski definition) is 3. The van der Waals surface area contributed by atoms with Crippen molar-refractivity contribution in [2.75, 3.05) is 6.61 Å². The van der Waals surface area contributed by atoms with Crippen LogP contribution in [0.2, 0.25) is 0 Å². The predicted octanol–water partition coefficient (Wildman–Crippen LogP) is 1.19. The first kappa shape index (κ1) is 9.65. The molecule has 0 unspecified atom stereocenters. The molecule has 0 aliphatic heterocycles. The molecular weight excluding hydrogens is 178 g/mol. The molecule has 1 aromatic carbocycles. The van der Waals surface area contributed by atoms with Gasteiger partial charge in [-0.1, -0.05) is 24.3 Å². The predicted molar refractivity (Wildman–Crippen MR) is 53.1 cm³/mol. The Labute approximate surface area is 83.3 Å². The van der Waals surface area contributed by atoms with E-state index in [9.17, 15) is 5.11 Å². The summed E-state index contributed by atoms with van der Waals surface area (Å²) in [6.07, 6.45) is 2.10. The van der Waals surface area contributed by atoms with E-state index in [0.717, 1.165) is 18.4 Å². The third kappa shape index (κ3) is 1.54. The third-order valence-corrected chi connectivity index (χ3v) is 3.01. The molecule has 3 heteroatoms. The first-order valence-corrected chi connectivity index (χ1v) is 4.88. The first-order valence-electron chi connectivity index (χ1n) is 4.88. The van der Waals surface area contributed by atoms with Gasteiger partial charge in [0.15, 0.2) is 0 Å². The maximum atomic E-state index is 9.32. The summed E-state index contributed by atoms with van der Waals surface area (Å²) in [6.45, 7) is 0.646. The van der Waals surface area contributed by atoms with Gasteiger partial charge in [0.05, 0.1) is 6.61 Å². The Bertz CT molecular complexity index is 321. The van der Waals surface area contributed by atoms with Gasteiger partial charge in [-0.3, -0.25) is 0 Å². The number of hydrogen-bond donors (Lipinski definition) is 3. The van der Waals surface area contributed by atoms with E-state index in [-0.39, 0.29) is 12.0 Å².